The fourth-order valence-corrected chi connectivity index (χ4v) is 2.00. The maximum atomic E-state index is 10.8. The molecule has 1 aromatic carbocycles. The maximum Gasteiger partial charge on any atom is 0.273 e. The van der Waals surface area contributed by atoms with Gasteiger partial charge in [0.2, 0.25) is 10.0 Å². The third-order valence-corrected chi connectivity index (χ3v) is 3.07. The lowest BCUT2D eigenvalue weighted by molar-refractivity contribution is -0.384. The Morgan fingerprint density at radius 2 is 1.90 bits per heavy atom. The summed E-state index contributed by atoms with van der Waals surface area (Å²) in [6, 6.07) is 4.32. The Labute approximate surface area is 116 Å². The molecule has 0 saturated heterocycles. The molecule has 0 amide bonds. The number of nitrogens with one attached hydrogen (secondary N) is 3. The van der Waals surface area contributed by atoms with Gasteiger partial charge in [-0.3, -0.25) is 16.0 Å². The van der Waals surface area contributed by atoms with E-state index in [0.29, 0.717) is 30.9 Å². The molecule has 0 aromatic heterocycles. The Morgan fingerprint density at radius 1 is 1.25 bits per heavy atom. The summed E-state index contributed by atoms with van der Waals surface area (Å²) in [5.74, 6) is 5.23. The number of hydrazine groups is 1. The molecule has 0 aliphatic carbocycles. The Balaban J connectivity index is 2.55. The molecule has 0 radical (unpaired) electrons. The van der Waals surface area contributed by atoms with Crippen LogP contribution >= 0.6 is 0 Å². The number of nitrogens with two attached hydrogens (primary N) is 1. The van der Waals surface area contributed by atoms with Crippen LogP contribution in [0.1, 0.15) is 6.42 Å². The molecule has 0 heterocycles. The smallest absolute Gasteiger partial charge is 0.273 e. The van der Waals surface area contributed by atoms with Crippen molar-refractivity contribution < 1.29 is 13.3 Å². The standard InChI is InChI=1S/C10H17N5O4S/c1-20(18,19)13-4-2-3-12-8-5-9(14-11)7-10(6-8)15(16)17/h5-7,12-14H,2-4,11H2,1H3. The van der Waals surface area contributed by atoms with Gasteiger partial charge in [0, 0.05) is 30.9 Å². The first-order valence-electron chi connectivity index (χ1n) is 5.76. The molecule has 0 atom stereocenters. The quantitative estimate of drug-likeness (QED) is 0.233. The van der Waals surface area contributed by atoms with E-state index in [1.165, 1.54) is 12.1 Å². The van der Waals surface area contributed by atoms with Gasteiger partial charge in [0.05, 0.1) is 16.9 Å². The number of nitro benzene ring substituents is 1. The Kier molecular flexibility index (Phi) is 5.67. The highest BCUT2D eigenvalue weighted by molar-refractivity contribution is 7.88. The lowest BCUT2D eigenvalue weighted by Gasteiger charge is -2.08. The van der Waals surface area contributed by atoms with Crippen LogP contribution in [0.4, 0.5) is 17.1 Å². The molecule has 0 aliphatic heterocycles. The summed E-state index contributed by atoms with van der Waals surface area (Å²) in [7, 11) is -3.19. The van der Waals surface area contributed by atoms with Crippen LogP contribution in [0.3, 0.4) is 0 Å². The van der Waals surface area contributed by atoms with Gasteiger partial charge in [-0.2, -0.15) is 0 Å². The Bertz CT molecular complexity index is 575. The van der Waals surface area contributed by atoms with Crippen LogP contribution in [0.5, 0.6) is 0 Å². The third kappa shape index (κ3) is 5.82. The molecule has 112 valence electrons. The van der Waals surface area contributed by atoms with Gasteiger partial charge in [-0.1, -0.05) is 0 Å². The van der Waals surface area contributed by atoms with Gasteiger partial charge in [0.25, 0.3) is 5.69 Å². The van der Waals surface area contributed by atoms with Gasteiger partial charge in [-0.25, -0.2) is 13.1 Å². The summed E-state index contributed by atoms with van der Waals surface area (Å²) in [6.45, 7) is 0.760. The lowest BCUT2D eigenvalue weighted by atomic mass is 10.2. The summed E-state index contributed by atoms with van der Waals surface area (Å²) in [5, 5.41) is 13.7. The van der Waals surface area contributed by atoms with Crippen molar-refractivity contribution in [2.24, 2.45) is 5.84 Å². The predicted octanol–water partition coefficient (Wildman–Crippen LogP) is 0.232. The number of rotatable bonds is 8. The molecule has 0 saturated carbocycles. The minimum Gasteiger partial charge on any atom is -0.385 e. The van der Waals surface area contributed by atoms with Crippen molar-refractivity contribution in [2.75, 3.05) is 30.1 Å². The van der Waals surface area contributed by atoms with Gasteiger partial charge < -0.3 is 10.7 Å². The number of non-ortho nitro benzene ring substituents is 1. The van der Waals surface area contributed by atoms with Crippen molar-refractivity contribution in [2.45, 2.75) is 6.42 Å². The summed E-state index contributed by atoms with van der Waals surface area (Å²) in [6.07, 6.45) is 1.63. The zero-order valence-electron chi connectivity index (χ0n) is 10.9. The van der Waals surface area contributed by atoms with E-state index in [9.17, 15) is 18.5 Å². The Hall–Kier alpha value is -1.91. The largest absolute Gasteiger partial charge is 0.385 e. The fraction of sp³-hybridized carbons (Fsp3) is 0.400. The van der Waals surface area contributed by atoms with E-state index < -0.39 is 14.9 Å². The molecule has 0 unspecified atom stereocenters. The van der Waals surface area contributed by atoms with Crippen molar-refractivity contribution in [3.63, 3.8) is 0 Å². The van der Waals surface area contributed by atoms with E-state index in [-0.39, 0.29) is 5.69 Å². The molecule has 0 spiro atoms. The van der Waals surface area contributed by atoms with E-state index >= 15 is 0 Å². The van der Waals surface area contributed by atoms with Crippen LogP contribution in [-0.2, 0) is 10.0 Å². The number of hydrogen-bond donors (Lipinski definition) is 4. The second-order valence-electron chi connectivity index (χ2n) is 4.12. The monoisotopic (exact) mass is 303 g/mol. The molecule has 9 nitrogen and oxygen atoms in total. The molecule has 0 fully saturated rings. The van der Waals surface area contributed by atoms with Crippen LogP contribution in [-0.4, -0.2) is 32.7 Å². The maximum absolute atomic E-state index is 10.8. The minimum absolute atomic E-state index is 0.0859. The van der Waals surface area contributed by atoms with E-state index in [2.05, 4.69) is 15.5 Å². The molecular formula is C10H17N5O4S. The lowest BCUT2D eigenvalue weighted by Crippen LogP contribution is -2.24. The second kappa shape index (κ2) is 7.03. The topological polar surface area (TPSA) is 139 Å². The number of benzene rings is 1. The fourth-order valence-electron chi connectivity index (χ4n) is 1.48. The number of nitro groups is 1. The zero-order chi connectivity index (χ0) is 15.2. The van der Waals surface area contributed by atoms with Crippen molar-refractivity contribution in [3.8, 4) is 0 Å². The molecule has 1 aromatic rings. The van der Waals surface area contributed by atoms with Crippen molar-refractivity contribution in [1.82, 2.24) is 4.72 Å². The van der Waals surface area contributed by atoms with Crippen molar-refractivity contribution in [1.29, 1.82) is 0 Å². The van der Waals surface area contributed by atoms with E-state index in [0.717, 1.165) is 6.26 Å². The van der Waals surface area contributed by atoms with Crippen molar-refractivity contribution >= 4 is 27.1 Å². The van der Waals surface area contributed by atoms with Crippen LogP contribution in [0.25, 0.3) is 0 Å². The number of nitrogen functional groups attached to an aromatic ring is 1. The number of nitrogens with zero attached hydrogens (tertiary/aromatic N) is 1. The van der Waals surface area contributed by atoms with Crippen LogP contribution in [0, 0.1) is 10.1 Å². The molecule has 1 rings (SSSR count). The highest BCUT2D eigenvalue weighted by Gasteiger charge is 2.09. The minimum atomic E-state index is -3.19. The van der Waals surface area contributed by atoms with Gasteiger partial charge in [0.1, 0.15) is 0 Å². The van der Waals surface area contributed by atoms with Gasteiger partial charge in [-0.05, 0) is 12.5 Å². The highest BCUT2D eigenvalue weighted by atomic mass is 32.2. The third-order valence-electron chi connectivity index (χ3n) is 2.34. The van der Waals surface area contributed by atoms with E-state index in [1.54, 1.807) is 6.07 Å². The number of sulfonamides is 1. The predicted molar refractivity (Wildman–Crippen MR) is 76.9 cm³/mol. The average Bonchev–Trinajstić information content (AvgIpc) is 2.36. The molecular weight excluding hydrogens is 286 g/mol. The van der Waals surface area contributed by atoms with Gasteiger partial charge in [-0.15, -0.1) is 0 Å². The summed E-state index contributed by atoms with van der Waals surface area (Å²) in [5.41, 5.74) is 3.21. The molecule has 0 bridgehead atoms. The summed E-state index contributed by atoms with van der Waals surface area (Å²) >= 11 is 0. The van der Waals surface area contributed by atoms with Gasteiger partial charge in [0.15, 0.2) is 0 Å². The highest BCUT2D eigenvalue weighted by Crippen LogP contribution is 2.23. The number of anilines is 2. The van der Waals surface area contributed by atoms with E-state index in [1.807, 2.05) is 0 Å². The average molecular weight is 303 g/mol. The first-order chi connectivity index (χ1) is 9.31. The SMILES string of the molecule is CS(=O)(=O)NCCCNc1cc(NN)cc([N+](=O)[O-])c1. The second-order valence-corrected chi connectivity index (χ2v) is 5.95. The molecule has 0 aliphatic rings. The first-order valence-corrected chi connectivity index (χ1v) is 7.65. The molecule has 5 N–H and O–H groups in total. The number of hydrogen-bond acceptors (Lipinski definition) is 7. The van der Waals surface area contributed by atoms with Crippen LogP contribution in [0.2, 0.25) is 0 Å². The van der Waals surface area contributed by atoms with Crippen LogP contribution < -0.4 is 21.3 Å². The first kappa shape index (κ1) is 16.1. The van der Waals surface area contributed by atoms with Gasteiger partial charge >= 0.3 is 0 Å². The normalized spacial score (nSPS) is 11.1. The molecule has 20 heavy (non-hydrogen) atoms. The summed E-state index contributed by atoms with van der Waals surface area (Å²) < 4.78 is 24.0. The van der Waals surface area contributed by atoms with Crippen molar-refractivity contribution in [3.05, 3.63) is 28.3 Å². The molecule has 10 heteroatoms. The zero-order valence-corrected chi connectivity index (χ0v) is 11.7. The summed E-state index contributed by atoms with van der Waals surface area (Å²) in [4.78, 5) is 10.2. The Morgan fingerprint density at radius 3 is 2.45 bits per heavy atom. The van der Waals surface area contributed by atoms with Crippen LogP contribution in [0.15, 0.2) is 18.2 Å². The van der Waals surface area contributed by atoms with E-state index in [4.69, 9.17) is 5.84 Å².